The summed E-state index contributed by atoms with van der Waals surface area (Å²) in [7, 11) is 0. The first kappa shape index (κ1) is 13.1. The highest BCUT2D eigenvalue weighted by Gasteiger charge is 2.02. The van der Waals surface area contributed by atoms with Gasteiger partial charge in [-0.3, -0.25) is 0 Å². The van der Waals surface area contributed by atoms with Gasteiger partial charge in [0.05, 0.1) is 11.4 Å². The molecule has 0 fully saturated rings. The highest BCUT2D eigenvalue weighted by atomic mass is 16.5. The van der Waals surface area contributed by atoms with Gasteiger partial charge >= 0.3 is 0 Å². The molecule has 3 aromatic rings. The van der Waals surface area contributed by atoms with Crippen LogP contribution in [0.2, 0.25) is 0 Å². The number of ether oxygens (including phenoxy) is 1. The molecule has 104 valence electrons. The van der Waals surface area contributed by atoms with Gasteiger partial charge in [0.25, 0.3) is 0 Å². The fourth-order valence-corrected chi connectivity index (χ4v) is 2.10. The van der Waals surface area contributed by atoms with Gasteiger partial charge < -0.3 is 16.2 Å². The van der Waals surface area contributed by atoms with Gasteiger partial charge in [0.15, 0.2) is 0 Å². The normalized spacial score (nSPS) is 10.3. The van der Waals surface area contributed by atoms with Crippen molar-refractivity contribution in [2.45, 2.75) is 0 Å². The SMILES string of the molecule is Nc1ccc(Oc2ccc(-c3ccccc3)cc2)cc1N. The second-order valence-corrected chi connectivity index (χ2v) is 4.78. The van der Waals surface area contributed by atoms with Crippen LogP contribution in [-0.4, -0.2) is 0 Å². The largest absolute Gasteiger partial charge is 0.457 e. The van der Waals surface area contributed by atoms with Crippen LogP contribution < -0.4 is 16.2 Å². The van der Waals surface area contributed by atoms with Gasteiger partial charge in [-0.2, -0.15) is 0 Å². The quantitative estimate of drug-likeness (QED) is 0.701. The summed E-state index contributed by atoms with van der Waals surface area (Å²) >= 11 is 0. The lowest BCUT2D eigenvalue weighted by Crippen LogP contribution is -1.94. The van der Waals surface area contributed by atoms with E-state index in [1.807, 2.05) is 42.5 Å². The number of nitrogens with two attached hydrogens (primary N) is 2. The maximum Gasteiger partial charge on any atom is 0.129 e. The monoisotopic (exact) mass is 276 g/mol. The highest BCUT2D eigenvalue weighted by molar-refractivity contribution is 5.66. The molecule has 0 amide bonds. The molecule has 0 atom stereocenters. The van der Waals surface area contributed by atoms with E-state index in [1.54, 1.807) is 18.2 Å². The second kappa shape index (κ2) is 5.59. The molecule has 0 aromatic heterocycles. The summed E-state index contributed by atoms with van der Waals surface area (Å²) in [5.41, 5.74) is 14.9. The Bertz CT molecular complexity index is 737. The number of nitrogen functional groups attached to an aromatic ring is 2. The molecule has 0 unspecified atom stereocenters. The number of hydrogen-bond acceptors (Lipinski definition) is 3. The van der Waals surface area contributed by atoms with Crippen LogP contribution in [0, 0.1) is 0 Å². The van der Waals surface area contributed by atoms with Crippen molar-refractivity contribution in [1.82, 2.24) is 0 Å². The molecule has 0 aliphatic carbocycles. The van der Waals surface area contributed by atoms with Crippen LogP contribution in [0.5, 0.6) is 11.5 Å². The summed E-state index contributed by atoms with van der Waals surface area (Å²) in [6, 6.07) is 23.4. The average molecular weight is 276 g/mol. The third-order valence-electron chi connectivity index (χ3n) is 3.26. The first-order valence-electron chi connectivity index (χ1n) is 6.71. The zero-order valence-electron chi connectivity index (χ0n) is 11.5. The van der Waals surface area contributed by atoms with E-state index in [9.17, 15) is 0 Å². The van der Waals surface area contributed by atoms with Crippen molar-refractivity contribution in [3.8, 4) is 22.6 Å². The van der Waals surface area contributed by atoms with Crippen LogP contribution >= 0.6 is 0 Å². The number of anilines is 2. The number of hydrogen-bond donors (Lipinski definition) is 2. The maximum absolute atomic E-state index is 5.77. The van der Waals surface area contributed by atoms with Crippen LogP contribution in [0.15, 0.2) is 72.8 Å². The Morgan fingerprint density at radius 2 is 1.19 bits per heavy atom. The van der Waals surface area contributed by atoms with Crippen molar-refractivity contribution in [3.63, 3.8) is 0 Å². The Morgan fingerprint density at radius 1 is 0.571 bits per heavy atom. The molecule has 0 saturated carbocycles. The molecule has 21 heavy (non-hydrogen) atoms. The van der Waals surface area contributed by atoms with E-state index in [-0.39, 0.29) is 0 Å². The van der Waals surface area contributed by atoms with Crippen LogP contribution in [-0.2, 0) is 0 Å². The summed E-state index contributed by atoms with van der Waals surface area (Å²) in [6.07, 6.45) is 0. The van der Waals surface area contributed by atoms with Crippen molar-refractivity contribution < 1.29 is 4.74 Å². The molecule has 3 rings (SSSR count). The number of rotatable bonds is 3. The van der Waals surface area contributed by atoms with Crippen molar-refractivity contribution >= 4 is 11.4 Å². The van der Waals surface area contributed by atoms with Crippen LogP contribution in [0.25, 0.3) is 11.1 Å². The smallest absolute Gasteiger partial charge is 0.129 e. The molecule has 3 heteroatoms. The third-order valence-corrected chi connectivity index (χ3v) is 3.26. The minimum atomic E-state index is 0.522. The Morgan fingerprint density at radius 3 is 1.86 bits per heavy atom. The first-order valence-corrected chi connectivity index (χ1v) is 6.71. The Hall–Kier alpha value is -2.94. The predicted molar refractivity (Wildman–Crippen MR) is 87.2 cm³/mol. The highest BCUT2D eigenvalue weighted by Crippen LogP contribution is 2.28. The Balaban J connectivity index is 1.80. The number of benzene rings is 3. The summed E-state index contributed by atoms with van der Waals surface area (Å²) in [5, 5.41) is 0. The van der Waals surface area contributed by atoms with Crippen LogP contribution in [0.1, 0.15) is 0 Å². The lowest BCUT2D eigenvalue weighted by Gasteiger charge is -2.08. The average Bonchev–Trinajstić information content (AvgIpc) is 2.53. The van der Waals surface area contributed by atoms with Gasteiger partial charge in [-0.15, -0.1) is 0 Å². The predicted octanol–water partition coefficient (Wildman–Crippen LogP) is 4.31. The fourth-order valence-electron chi connectivity index (χ4n) is 2.10. The van der Waals surface area contributed by atoms with Crippen molar-refractivity contribution in [2.75, 3.05) is 11.5 Å². The van der Waals surface area contributed by atoms with E-state index in [0.717, 1.165) is 11.3 Å². The molecule has 0 radical (unpaired) electrons. The first-order chi connectivity index (χ1) is 10.2. The minimum absolute atomic E-state index is 0.522. The van der Waals surface area contributed by atoms with Gasteiger partial charge in [-0.05, 0) is 35.4 Å². The molecule has 0 bridgehead atoms. The molecule has 0 aliphatic heterocycles. The van der Waals surface area contributed by atoms with Crippen molar-refractivity contribution in [1.29, 1.82) is 0 Å². The van der Waals surface area contributed by atoms with Gasteiger partial charge in [0.1, 0.15) is 11.5 Å². The van der Waals surface area contributed by atoms with Crippen LogP contribution in [0.3, 0.4) is 0 Å². The Kier molecular flexibility index (Phi) is 3.48. The lowest BCUT2D eigenvalue weighted by atomic mass is 10.1. The summed E-state index contributed by atoms with van der Waals surface area (Å²) in [4.78, 5) is 0. The zero-order valence-corrected chi connectivity index (χ0v) is 11.5. The van der Waals surface area contributed by atoms with E-state index < -0.39 is 0 Å². The van der Waals surface area contributed by atoms with Crippen LogP contribution in [0.4, 0.5) is 11.4 Å². The van der Waals surface area contributed by atoms with E-state index in [0.29, 0.717) is 17.1 Å². The fraction of sp³-hybridized carbons (Fsp3) is 0. The standard InChI is InChI=1S/C18H16N2O/c19-17-11-10-16(12-18(17)20)21-15-8-6-14(7-9-15)13-4-2-1-3-5-13/h1-12H,19-20H2. The summed E-state index contributed by atoms with van der Waals surface area (Å²) in [6.45, 7) is 0. The second-order valence-electron chi connectivity index (χ2n) is 4.78. The third kappa shape index (κ3) is 2.98. The lowest BCUT2D eigenvalue weighted by molar-refractivity contribution is 0.483. The summed E-state index contributed by atoms with van der Waals surface area (Å²) in [5.74, 6) is 1.44. The minimum Gasteiger partial charge on any atom is -0.457 e. The zero-order chi connectivity index (χ0) is 14.7. The molecule has 4 N–H and O–H groups in total. The van der Waals surface area contributed by atoms with Crippen molar-refractivity contribution in [3.05, 3.63) is 72.8 Å². The van der Waals surface area contributed by atoms with E-state index in [1.165, 1.54) is 5.56 Å². The molecule has 0 spiro atoms. The van der Waals surface area contributed by atoms with Crippen molar-refractivity contribution in [2.24, 2.45) is 0 Å². The van der Waals surface area contributed by atoms with Gasteiger partial charge in [-0.1, -0.05) is 42.5 Å². The van der Waals surface area contributed by atoms with Gasteiger partial charge in [0.2, 0.25) is 0 Å². The van der Waals surface area contributed by atoms with E-state index >= 15 is 0 Å². The summed E-state index contributed by atoms with van der Waals surface area (Å²) < 4.78 is 5.77. The molecule has 3 nitrogen and oxygen atoms in total. The topological polar surface area (TPSA) is 61.3 Å². The Labute approximate surface area is 123 Å². The van der Waals surface area contributed by atoms with E-state index in [2.05, 4.69) is 12.1 Å². The molecule has 0 aliphatic rings. The molecule has 0 heterocycles. The van der Waals surface area contributed by atoms with Gasteiger partial charge in [-0.25, -0.2) is 0 Å². The van der Waals surface area contributed by atoms with Gasteiger partial charge in [0, 0.05) is 6.07 Å². The molecular formula is C18H16N2O. The molecule has 3 aromatic carbocycles. The van der Waals surface area contributed by atoms with E-state index in [4.69, 9.17) is 16.2 Å². The molecular weight excluding hydrogens is 260 g/mol. The maximum atomic E-state index is 5.77. The molecule has 0 saturated heterocycles.